The van der Waals surface area contributed by atoms with Gasteiger partial charge in [0.1, 0.15) is 12.4 Å². The van der Waals surface area contributed by atoms with Crippen LogP contribution in [-0.2, 0) is 6.54 Å². The van der Waals surface area contributed by atoms with E-state index in [0.717, 1.165) is 16.7 Å². The summed E-state index contributed by atoms with van der Waals surface area (Å²) in [6.07, 6.45) is 5.39. The number of anilines is 1. The van der Waals surface area contributed by atoms with Crippen molar-refractivity contribution in [3.05, 3.63) is 48.9 Å². The SMILES string of the molecule is Nc1ccc(OCCn2cccn2)c2cccnc12. The molecule has 19 heavy (non-hydrogen) atoms. The molecule has 0 unspecified atom stereocenters. The molecule has 2 N–H and O–H groups in total. The highest BCUT2D eigenvalue weighted by Gasteiger charge is 2.05. The second-order valence-corrected chi connectivity index (χ2v) is 4.17. The van der Waals surface area contributed by atoms with Crippen LogP contribution in [0.15, 0.2) is 48.9 Å². The summed E-state index contributed by atoms with van der Waals surface area (Å²) >= 11 is 0. The van der Waals surface area contributed by atoms with Gasteiger partial charge in [-0.1, -0.05) is 0 Å². The van der Waals surface area contributed by atoms with Gasteiger partial charge in [0.25, 0.3) is 0 Å². The van der Waals surface area contributed by atoms with Gasteiger partial charge >= 0.3 is 0 Å². The molecule has 0 radical (unpaired) electrons. The average molecular weight is 254 g/mol. The minimum absolute atomic E-state index is 0.551. The first-order valence-electron chi connectivity index (χ1n) is 6.08. The first kappa shape index (κ1) is 11.5. The molecule has 0 fully saturated rings. The lowest BCUT2D eigenvalue weighted by atomic mass is 10.2. The van der Waals surface area contributed by atoms with Gasteiger partial charge in [0.15, 0.2) is 0 Å². The first-order chi connectivity index (χ1) is 9.34. The number of nitrogen functional groups attached to an aromatic ring is 1. The second kappa shape index (κ2) is 4.97. The number of hydrogen-bond acceptors (Lipinski definition) is 4. The molecule has 0 aliphatic rings. The maximum atomic E-state index is 5.90. The lowest BCUT2D eigenvalue weighted by Crippen LogP contribution is -2.08. The molecule has 2 aromatic heterocycles. The van der Waals surface area contributed by atoms with Crippen molar-refractivity contribution in [3.8, 4) is 5.75 Å². The number of aromatic nitrogens is 3. The Bertz CT molecular complexity index is 679. The third-order valence-corrected chi connectivity index (χ3v) is 2.90. The Morgan fingerprint density at radius 1 is 1.16 bits per heavy atom. The van der Waals surface area contributed by atoms with Crippen molar-refractivity contribution >= 4 is 16.6 Å². The normalized spacial score (nSPS) is 10.7. The summed E-state index contributed by atoms with van der Waals surface area (Å²) in [5, 5.41) is 5.06. The number of fused-ring (bicyclic) bond motifs is 1. The lowest BCUT2D eigenvalue weighted by Gasteiger charge is -2.10. The van der Waals surface area contributed by atoms with Gasteiger partial charge in [-0.15, -0.1) is 0 Å². The number of pyridine rings is 1. The Kier molecular flexibility index (Phi) is 3.02. The van der Waals surface area contributed by atoms with Crippen LogP contribution in [0, 0.1) is 0 Å². The maximum absolute atomic E-state index is 5.90. The average Bonchev–Trinajstić information content (AvgIpc) is 2.95. The zero-order valence-corrected chi connectivity index (χ0v) is 10.4. The fraction of sp³-hybridized carbons (Fsp3) is 0.143. The van der Waals surface area contributed by atoms with E-state index in [9.17, 15) is 0 Å². The van der Waals surface area contributed by atoms with E-state index in [2.05, 4.69) is 10.1 Å². The van der Waals surface area contributed by atoms with Crippen LogP contribution in [-0.4, -0.2) is 21.4 Å². The first-order valence-corrected chi connectivity index (χ1v) is 6.08. The molecule has 5 heteroatoms. The van der Waals surface area contributed by atoms with Crippen LogP contribution >= 0.6 is 0 Å². The van der Waals surface area contributed by atoms with Crippen LogP contribution in [0.3, 0.4) is 0 Å². The fourth-order valence-electron chi connectivity index (χ4n) is 1.98. The van der Waals surface area contributed by atoms with Gasteiger partial charge in [0, 0.05) is 24.0 Å². The Hall–Kier alpha value is -2.56. The predicted octanol–water partition coefficient (Wildman–Crippen LogP) is 2.09. The van der Waals surface area contributed by atoms with Gasteiger partial charge in [-0.05, 0) is 30.3 Å². The Balaban J connectivity index is 1.79. The molecule has 2 heterocycles. The summed E-state index contributed by atoms with van der Waals surface area (Å²) in [5.74, 6) is 0.796. The largest absolute Gasteiger partial charge is 0.491 e. The molecule has 96 valence electrons. The van der Waals surface area contributed by atoms with E-state index >= 15 is 0 Å². The number of hydrogen-bond donors (Lipinski definition) is 1. The molecule has 0 atom stereocenters. The van der Waals surface area contributed by atoms with E-state index in [1.807, 2.05) is 41.2 Å². The van der Waals surface area contributed by atoms with Crippen molar-refractivity contribution in [1.82, 2.24) is 14.8 Å². The van der Waals surface area contributed by atoms with Crippen LogP contribution in [0.5, 0.6) is 5.75 Å². The molecule has 5 nitrogen and oxygen atoms in total. The summed E-state index contributed by atoms with van der Waals surface area (Å²) in [6.45, 7) is 1.26. The monoisotopic (exact) mass is 254 g/mol. The van der Waals surface area contributed by atoms with Crippen LogP contribution < -0.4 is 10.5 Å². The summed E-state index contributed by atoms with van der Waals surface area (Å²) in [7, 11) is 0. The molecular formula is C14H14N4O. The van der Waals surface area contributed by atoms with Crippen LogP contribution in [0.4, 0.5) is 5.69 Å². The van der Waals surface area contributed by atoms with Gasteiger partial charge in [0.05, 0.1) is 17.7 Å². The minimum Gasteiger partial charge on any atom is -0.491 e. The Morgan fingerprint density at radius 2 is 2.11 bits per heavy atom. The van der Waals surface area contributed by atoms with Gasteiger partial charge in [-0.25, -0.2) is 0 Å². The van der Waals surface area contributed by atoms with E-state index in [1.54, 1.807) is 12.4 Å². The van der Waals surface area contributed by atoms with Crippen molar-refractivity contribution < 1.29 is 4.74 Å². The standard InChI is InChI=1S/C14H14N4O/c15-12-4-5-13(11-3-1-6-16-14(11)12)19-10-9-18-8-2-7-17-18/h1-8H,9-10,15H2. The van der Waals surface area contributed by atoms with Crippen molar-refractivity contribution in [1.29, 1.82) is 0 Å². The van der Waals surface area contributed by atoms with E-state index in [-0.39, 0.29) is 0 Å². The molecule has 0 saturated carbocycles. The highest BCUT2D eigenvalue weighted by atomic mass is 16.5. The molecule has 0 aliphatic carbocycles. The molecule has 3 rings (SSSR count). The highest BCUT2D eigenvalue weighted by Crippen LogP contribution is 2.28. The van der Waals surface area contributed by atoms with E-state index in [0.29, 0.717) is 18.8 Å². The molecule has 3 aromatic rings. The zero-order valence-electron chi connectivity index (χ0n) is 10.4. The second-order valence-electron chi connectivity index (χ2n) is 4.17. The van der Waals surface area contributed by atoms with Gasteiger partial charge in [-0.3, -0.25) is 9.67 Å². The molecule has 0 saturated heterocycles. The van der Waals surface area contributed by atoms with Crippen molar-refractivity contribution in [2.75, 3.05) is 12.3 Å². The van der Waals surface area contributed by atoms with Crippen molar-refractivity contribution in [2.24, 2.45) is 0 Å². The summed E-state index contributed by atoms with van der Waals surface area (Å²) in [6, 6.07) is 9.42. The fourth-order valence-corrected chi connectivity index (χ4v) is 1.98. The molecule has 0 aliphatic heterocycles. The number of ether oxygens (including phenoxy) is 1. The quantitative estimate of drug-likeness (QED) is 0.724. The predicted molar refractivity (Wildman–Crippen MR) is 73.9 cm³/mol. The summed E-state index contributed by atoms with van der Waals surface area (Å²) < 4.78 is 7.62. The van der Waals surface area contributed by atoms with Gasteiger partial charge in [-0.2, -0.15) is 5.10 Å². The Labute approximate surface area is 110 Å². The van der Waals surface area contributed by atoms with E-state index in [1.165, 1.54) is 0 Å². The molecule has 0 bridgehead atoms. The van der Waals surface area contributed by atoms with Crippen molar-refractivity contribution in [3.63, 3.8) is 0 Å². The maximum Gasteiger partial charge on any atom is 0.128 e. The molecule has 0 amide bonds. The molecular weight excluding hydrogens is 240 g/mol. The summed E-state index contributed by atoms with van der Waals surface area (Å²) in [4.78, 5) is 4.28. The third kappa shape index (κ3) is 2.35. The highest BCUT2D eigenvalue weighted by molar-refractivity contribution is 5.93. The van der Waals surface area contributed by atoms with Crippen LogP contribution in [0.25, 0.3) is 10.9 Å². The smallest absolute Gasteiger partial charge is 0.128 e. The van der Waals surface area contributed by atoms with Crippen molar-refractivity contribution in [2.45, 2.75) is 6.54 Å². The van der Waals surface area contributed by atoms with E-state index in [4.69, 9.17) is 10.5 Å². The van der Waals surface area contributed by atoms with Crippen LogP contribution in [0.1, 0.15) is 0 Å². The topological polar surface area (TPSA) is 66.0 Å². The zero-order chi connectivity index (χ0) is 13.1. The molecule has 0 spiro atoms. The van der Waals surface area contributed by atoms with E-state index < -0.39 is 0 Å². The summed E-state index contributed by atoms with van der Waals surface area (Å²) in [5.41, 5.74) is 7.34. The number of benzene rings is 1. The number of nitrogens with two attached hydrogens (primary N) is 1. The molecule has 1 aromatic carbocycles. The van der Waals surface area contributed by atoms with Gasteiger partial charge < -0.3 is 10.5 Å². The lowest BCUT2D eigenvalue weighted by molar-refractivity contribution is 0.294. The number of rotatable bonds is 4. The van der Waals surface area contributed by atoms with Gasteiger partial charge in [0.2, 0.25) is 0 Å². The number of nitrogens with zero attached hydrogens (tertiary/aromatic N) is 3. The Morgan fingerprint density at radius 3 is 2.95 bits per heavy atom. The third-order valence-electron chi connectivity index (χ3n) is 2.90. The van der Waals surface area contributed by atoms with Crippen LogP contribution in [0.2, 0.25) is 0 Å². The minimum atomic E-state index is 0.551.